The molecule has 0 radical (unpaired) electrons. The van der Waals surface area contributed by atoms with Crippen LogP contribution in [0.5, 0.6) is 23.0 Å². The Bertz CT molecular complexity index is 2710. The fraction of sp³-hybridized carbons (Fsp3) is 0.458. The highest BCUT2D eigenvalue weighted by atomic mass is 127. The second-order valence-electron chi connectivity index (χ2n) is 22.7. The van der Waals surface area contributed by atoms with Crippen LogP contribution in [0.2, 0.25) is 0 Å². The van der Waals surface area contributed by atoms with Crippen LogP contribution >= 0.6 is 0 Å². The van der Waals surface area contributed by atoms with E-state index in [0.29, 0.717) is 62.9 Å². The minimum atomic E-state index is -0.445. The van der Waals surface area contributed by atoms with Crippen molar-refractivity contribution in [3.63, 3.8) is 0 Å². The molecule has 0 saturated heterocycles. The Morgan fingerprint density at radius 3 is 1.08 bits per heavy atom. The fourth-order valence-electron chi connectivity index (χ4n) is 8.94. The number of unbranched alkanes of at least 4 members (excludes halogenated alkanes) is 14. The molecule has 12 nitrogen and oxygen atoms in total. The number of benzene rings is 6. The normalized spacial score (nSPS) is 10.7. The van der Waals surface area contributed by atoms with Crippen molar-refractivity contribution in [3.05, 3.63) is 179 Å². The smallest absolute Gasteiger partial charge is 0.341 e. The molecular formula is C72H102I2N2O10. The fourth-order valence-corrected chi connectivity index (χ4v) is 8.94. The quantitative estimate of drug-likeness (QED) is 0.0123. The summed E-state index contributed by atoms with van der Waals surface area (Å²) in [5.41, 5.74) is 6.94. The van der Waals surface area contributed by atoms with Gasteiger partial charge >= 0.3 is 17.9 Å². The number of esters is 3. The largest absolute Gasteiger partial charge is 1.00 e. The Balaban J connectivity index is 0.000000822. The molecule has 0 bridgehead atoms. The molecule has 0 aliphatic carbocycles. The van der Waals surface area contributed by atoms with Gasteiger partial charge in [0.05, 0.1) is 88.7 Å². The van der Waals surface area contributed by atoms with Crippen molar-refractivity contribution in [2.45, 2.75) is 144 Å². The molecule has 0 spiro atoms. The average Bonchev–Trinajstić information content (AvgIpc) is 3.07. The highest BCUT2D eigenvalue weighted by Gasteiger charge is 2.17. The number of hydrogen-bond donors (Lipinski definition) is 0. The van der Waals surface area contributed by atoms with Crippen molar-refractivity contribution in [1.82, 2.24) is 8.97 Å². The summed E-state index contributed by atoms with van der Waals surface area (Å²) < 4.78 is 40.8. The average molecular weight is 1410 g/mol. The zero-order valence-electron chi connectivity index (χ0n) is 51.1. The molecule has 0 aromatic heterocycles. The lowest BCUT2D eigenvalue weighted by Crippen LogP contribution is -3.00. The second-order valence-corrected chi connectivity index (χ2v) is 22.7. The van der Waals surface area contributed by atoms with Gasteiger partial charge in [-0.3, -0.25) is 18.6 Å². The van der Waals surface area contributed by atoms with Gasteiger partial charge in [-0.05, 0) is 109 Å². The first-order valence-electron chi connectivity index (χ1n) is 29.7. The molecule has 6 rings (SSSR count). The van der Waals surface area contributed by atoms with E-state index in [9.17, 15) is 14.4 Å². The maximum absolute atomic E-state index is 12.2. The second kappa shape index (κ2) is 44.7. The third-order valence-corrected chi connectivity index (χ3v) is 13.9. The van der Waals surface area contributed by atoms with Crippen LogP contribution in [0.3, 0.4) is 0 Å². The molecule has 0 unspecified atom stereocenters. The van der Waals surface area contributed by atoms with Crippen LogP contribution in [0.1, 0.15) is 150 Å². The Morgan fingerprint density at radius 2 is 0.698 bits per heavy atom. The van der Waals surface area contributed by atoms with E-state index in [-0.39, 0.29) is 74.7 Å². The van der Waals surface area contributed by atoms with Crippen molar-refractivity contribution in [1.29, 1.82) is 0 Å². The summed E-state index contributed by atoms with van der Waals surface area (Å²) in [5, 5.41) is 0. The van der Waals surface area contributed by atoms with Crippen molar-refractivity contribution in [2.75, 3.05) is 75.8 Å². The van der Waals surface area contributed by atoms with Crippen molar-refractivity contribution in [2.24, 2.45) is 0 Å². The number of halogens is 2. The molecule has 0 fully saturated rings. The molecule has 0 aliphatic rings. The Kier molecular flexibility index (Phi) is 40.7. The minimum Gasteiger partial charge on any atom is -1.00 e. The lowest BCUT2D eigenvalue weighted by atomic mass is 10.1. The number of carbonyl (C=O) groups is 3. The van der Waals surface area contributed by atoms with Crippen molar-refractivity contribution in [3.8, 4) is 23.0 Å². The third-order valence-electron chi connectivity index (χ3n) is 13.9. The van der Waals surface area contributed by atoms with E-state index >= 15 is 0 Å². The number of quaternary nitrogens is 2. The number of rotatable bonds is 37. The van der Waals surface area contributed by atoms with Crippen LogP contribution in [0.25, 0.3) is 0 Å². The van der Waals surface area contributed by atoms with Gasteiger partial charge in [-0.25, -0.2) is 4.79 Å². The van der Waals surface area contributed by atoms with E-state index in [1.54, 1.807) is 18.2 Å². The van der Waals surface area contributed by atoms with Gasteiger partial charge in [0.15, 0.2) is 0 Å². The predicted molar refractivity (Wildman–Crippen MR) is 345 cm³/mol. The molecule has 0 atom stereocenters. The zero-order chi connectivity index (χ0) is 58.7. The number of ether oxygens (including phenoxy) is 7. The molecule has 0 N–H and O–H groups in total. The maximum Gasteiger partial charge on any atom is 0.341 e. The number of hydrogen-bond acceptors (Lipinski definition) is 10. The van der Waals surface area contributed by atoms with Gasteiger partial charge in [-0.2, -0.15) is 0 Å². The van der Waals surface area contributed by atoms with Crippen LogP contribution in [-0.4, -0.2) is 93.7 Å². The van der Waals surface area contributed by atoms with Gasteiger partial charge in [0, 0.05) is 6.07 Å². The van der Waals surface area contributed by atoms with E-state index in [1.807, 2.05) is 97.1 Å². The summed E-state index contributed by atoms with van der Waals surface area (Å²) in [6.45, 7) is 3.27. The first-order chi connectivity index (χ1) is 39.7. The van der Waals surface area contributed by atoms with Crippen LogP contribution in [0.15, 0.2) is 152 Å². The molecule has 474 valence electrons. The Labute approximate surface area is 551 Å². The minimum absolute atomic E-state index is 0. The molecule has 0 heterocycles. The molecule has 0 amide bonds. The standard InChI is InChI=1S/C36H50NO4.C34H44NO6.2CH4.2HI/c1-37(2,3)33-21-19-31(20-22-33)29-36(38)40-28-16-11-9-7-5-4-6-8-10-15-27-39-34-23-25-35(26-24-34)41-30-32-17-13-12-14-18-32;1-35(2,3)29-18-16-27(17-19-29)24-33(36)40-23-13-8-6-5-7-12-22-39-30-20-21-31(34(37)38-4)32(25-30)41-26-28-14-10-9-11-15-28;;;;/h12-14,17-26H,4-11,15-16,27-30H2,1-3H3;9-11,14-21,25H,5-8,12-13,22-24,26H2,1-4H3;2*1H4;2*1H/q2*+1;;;;/p-2. The first-order valence-corrected chi connectivity index (χ1v) is 29.7. The summed E-state index contributed by atoms with van der Waals surface area (Å²) in [6.07, 6.45) is 18.8. The van der Waals surface area contributed by atoms with E-state index in [1.165, 1.54) is 63.4 Å². The topological polar surface area (TPSA) is 116 Å². The van der Waals surface area contributed by atoms with Gasteiger partial charge in [0.25, 0.3) is 0 Å². The SMILES string of the molecule is C.C.COC(=O)c1ccc(OCCCCCCCCOC(=O)Cc2ccc([N+](C)(C)C)cc2)cc1OCc1ccccc1.C[N+](C)(C)c1ccc(CC(=O)OCCCCCCCCCCCCOc2ccc(OCc3ccccc3)cc2)cc1.[I-].[I-]. The molecular weight excluding hydrogens is 1310 g/mol. The van der Waals surface area contributed by atoms with Gasteiger partial charge in [-0.1, -0.05) is 177 Å². The van der Waals surface area contributed by atoms with Crippen LogP contribution in [0, 0.1) is 0 Å². The maximum atomic E-state index is 12.2. The highest BCUT2D eigenvalue weighted by molar-refractivity contribution is 5.92. The van der Waals surface area contributed by atoms with E-state index in [4.69, 9.17) is 33.2 Å². The monoisotopic (exact) mass is 1410 g/mol. The van der Waals surface area contributed by atoms with Crippen LogP contribution in [-0.2, 0) is 49.9 Å². The Hall–Kier alpha value is -5.69. The van der Waals surface area contributed by atoms with Crippen molar-refractivity contribution < 1.29 is 95.5 Å². The summed E-state index contributed by atoms with van der Waals surface area (Å²) in [7, 11) is 14.1. The molecule has 86 heavy (non-hydrogen) atoms. The van der Waals surface area contributed by atoms with E-state index < -0.39 is 5.97 Å². The lowest BCUT2D eigenvalue weighted by molar-refractivity contribution is -0.143. The van der Waals surface area contributed by atoms with E-state index in [2.05, 4.69) is 78.7 Å². The predicted octanol–water partition coefficient (Wildman–Crippen LogP) is 10.6. The summed E-state index contributed by atoms with van der Waals surface area (Å²) in [6, 6.07) is 49.4. The van der Waals surface area contributed by atoms with Gasteiger partial charge < -0.3 is 81.1 Å². The number of carbonyl (C=O) groups excluding carboxylic acids is 3. The summed E-state index contributed by atoms with van der Waals surface area (Å²) in [5.74, 6) is 2.11. The summed E-state index contributed by atoms with van der Waals surface area (Å²) >= 11 is 0. The first kappa shape index (κ1) is 78.3. The number of methoxy groups -OCH3 is 1. The molecule has 0 aliphatic heterocycles. The molecule has 0 saturated carbocycles. The molecule has 6 aromatic carbocycles. The van der Waals surface area contributed by atoms with Gasteiger partial charge in [0.1, 0.15) is 53.2 Å². The van der Waals surface area contributed by atoms with Gasteiger partial charge in [0.2, 0.25) is 0 Å². The lowest BCUT2D eigenvalue weighted by Gasteiger charge is -2.23. The molecule has 14 heteroatoms. The van der Waals surface area contributed by atoms with Crippen LogP contribution < -0.4 is 75.9 Å². The van der Waals surface area contributed by atoms with Crippen molar-refractivity contribution >= 4 is 29.3 Å². The molecule has 6 aromatic rings. The zero-order valence-corrected chi connectivity index (χ0v) is 55.5. The van der Waals surface area contributed by atoms with Crippen LogP contribution in [0.4, 0.5) is 11.4 Å². The summed E-state index contributed by atoms with van der Waals surface area (Å²) in [4.78, 5) is 36.4. The third kappa shape index (κ3) is 32.9. The highest BCUT2D eigenvalue weighted by Crippen LogP contribution is 2.28. The van der Waals surface area contributed by atoms with Gasteiger partial charge in [-0.15, -0.1) is 0 Å². The Morgan fingerprint density at radius 1 is 0.360 bits per heavy atom. The van der Waals surface area contributed by atoms with E-state index in [0.717, 1.165) is 107 Å². The number of nitrogens with zero attached hydrogens (tertiary/aromatic N) is 2.